The average Bonchev–Trinajstić information content (AvgIpc) is 3.40. The Morgan fingerprint density at radius 3 is 2.85 bits per heavy atom. The molecule has 2 atom stereocenters. The molecule has 27 heavy (non-hydrogen) atoms. The van der Waals surface area contributed by atoms with Crippen molar-refractivity contribution in [3.63, 3.8) is 0 Å². The largest absolute Gasteiger partial charge is 0.377 e. The van der Waals surface area contributed by atoms with Crippen LogP contribution in [0.25, 0.3) is 0 Å². The first-order valence-electron chi connectivity index (χ1n) is 9.63. The van der Waals surface area contributed by atoms with Crippen LogP contribution in [0.2, 0.25) is 0 Å². The number of nitrogens with one attached hydrogen (secondary N) is 1. The van der Waals surface area contributed by atoms with Gasteiger partial charge in [-0.15, -0.1) is 0 Å². The third-order valence-electron chi connectivity index (χ3n) is 4.88. The number of hydrogen-bond acceptors (Lipinski definition) is 5. The summed E-state index contributed by atoms with van der Waals surface area (Å²) in [6, 6.07) is 2.11. The molecule has 0 aromatic rings. The molecule has 1 aliphatic carbocycles. The van der Waals surface area contributed by atoms with Crippen LogP contribution in [0.15, 0.2) is 40.9 Å². The maximum absolute atomic E-state index is 12.5. The van der Waals surface area contributed by atoms with E-state index in [9.17, 15) is 9.90 Å². The molecule has 1 amide bonds. The Hall–Kier alpha value is -2.23. The van der Waals surface area contributed by atoms with Crippen molar-refractivity contribution in [2.75, 3.05) is 6.54 Å². The average molecular weight is 370 g/mol. The minimum absolute atomic E-state index is 0.0396. The van der Waals surface area contributed by atoms with Gasteiger partial charge in [0, 0.05) is 6.42 Å². The number of nitrogens with zero attached hydrogens (tertiary/aromatic N) is 3. The molecule has 0 spiro atoms. The van der Waals surface area contributed by atoms with Gasteiger partial charge < -0.3 is 5.11 Å². The lowest BCUT2D eigenvalue weighted by molar-refractivity contribution is -0.129. The molecule has 2 rings (SSSR count). The number of carbonyl (C=O) groups excluding carboxylic acids is 1. The molecule has 1 saturated carbocycles. The molecule has 2 unspecified atom stereocenters. The Morgan fingerprint density at radius 2 is 2.30 bits per heavy atom. The van der Waals surface area contributed by atoms with E-state index in [4.69, 9.17) is 5.26 Å². The second-order valence-electron chi connectivity index (χ2n) is 7.15. The van der Waals surface area contributed by atoms with Crippen molar-refractivity contribution in [3.05, 3.63) is 36.0 Å². The number of aliphatic hydroxyl groups excluding tert-OH is 1. The molecule has 6 nitrogen and oxygen atoms in total. The third-order valence-corrected chi connectivity index (χ3v) is 4.88. The Balaban J connectivity index is 1.89. The summed E-state index contributed by atoms with van der Waals surface area (Å²) in [7, 11) is 0. The minimum atomic E-state index is -0.929. The molecule has 2 aliphatic rings. The van der Waals surface area contributed by atoms with E-state index in [0.29, 0.717) is 18.7 Å². The van der Waals surface area contributed by atoms with Crippen LogP contribution in [-0.2, 0) is 4.79 Å². The van der Waals surface area contributed by atoms with Crippen molar-refractivity contribution in [1.29, 1.82) is 5.26 Å². The van der Waals surface area contributed by atoms with Gasteiger partial charge in [-0.25, -0.2) is 0 Å². The van der Waals surface area contributed by atoms with E-state index in [2.05, 4.69) is 35.5 Å². The summed E-state index contributed by atoms with van der Waals surface area (Å²) in [4.78, 5) is 18.6. The zero-order valence-corrected chi connectivity index (χ0v) is 16.5. The van der Waals surface area contributed by atoms with Crippen LogP contribution in [0.5, 0.6) is 0 Å². The standard InChI is InChI=1S/C21H30N4O2/c1-4-8-17(5-2)9-6-7-10-18-13-20(27)25(16(3)23-18)14-19(26)24-21(15-22)11-12-21/h4,6-9,18-19,24,26H,5,10-14H2,1-3H3/b7-6?,8-4-,17-9-. The maximum atomic E-state index is 12.5. The summed E-state index contributed by atoms with van der Waals surface area (Å²) in [6.07, 6.45) is 12.8. The summed E-state index contributed by atoms with van der Waals surface area (Å²) in [5, 5.41) is 22.2. The molecule has 0 aromatic heterocycles. The van der Waals surface area contributed by atoms with Gasteiger partial charge in [-0.2, -0.15) is 5.26 Å². The maximum Gasteiger partial charge on any atom is 0.230 e. The van der Waals surface area contributed by atoms with E-state index in [1.165, 1.54) is 10.5 Å². The number of rotatable bonds is 9. The van der Waals surface area contributed by atoms with Gasteiger partial charge in [0.05, 0.1) is 18.7 Å². The van der Waals surface area contributed by atoms with Crippen LogP contribution in [0.1, 0.15) is 52.9 Å². The Morgan fingerprint density at radius 1 is 1.56 bits per heavy atom. The van der Waals surface area contributed by atoms with Crippen LogP contribution >= 0.6 is 0 Å². The van der Waals surface area contributed by atoms with Gasteiger partial charge in [0.15, 0.2) is 0 Å². The first kappa shape index (κ1) is 21.1. The lowest BCUT2D eigenvalue weighted by Gasteiger charge is -2.31. The second-order valence-corrected chi connectivity index (χ2v) is 7.15. The van der Waals surface area contributed by atoms with Crippen LogP contribution in [0, 0.1) is 11.3 Å². The number of amidine groups is 1. The normalized spacial score (nSPS) is 23.6. The lowest BCUT2D eigenvalue weighted by Crippen LogP contribution is -2.51. The molecule has 1 aliphatic heterocycles. The van der Waals surface area contributed by atoms with E-state index in [1.54, 1.807) is 6.92 Å². The van der Waals surface area contributed by atoms with Crippen molar-refractivity contribution in [3.8, 4) is 6.07 Å². The number of β-amino-alcohol motifs (C(OH)–C–C–N with tert-alkyl or cyclic N) is 1. The molecular formula is C21H30N4O2. The topological polar surface area (TPSA) is 88.7 Å². The number of amides is 1. The minimum Gasteiger partial charge on any atom is -0.377 e. The molecule has 6 heteroatoms. The van der Waals surface area contributed by atoms with Crippen molar-refractivity contribution in [2.45, 2.75) is 70.7 Å². The van der Waals surface area contributed by atoms with Crippen molar-refractivity contribution < 1.29 is 9.90 Å². The monoisotopic (exact) mass is 370 g/mol. The fraction of sp³-hybridized carbons (Fsp3) is 0.571. The van der Waals surface area contributed by atoms with Gasteiger partial charge in [0.1, 0.15) is 17.6 Å². The molecule has 146 valence electrons. The zero-order chi connectivity index (χ0) is 19.9. The highest BCUT2D eigenvalue weighted by molar-refractivity contribution is 5.99. The van der Waals surface area contributed by atoms with Gasteiger partial charge in [-0.05, 0) is 45.1 Å². The van der Waals surface area contributed by atoms with Crippen LogP contribution in [0.3, 0.4) is 0 Å². The Kier molecular flexibility index (Phi) is 7.52. The first-order valence-corrected chi connectivity index (χ1v) is 9.63. The second kappa shape index (κ2) is 9.63. The zero-order valence-electron chi connectivity index (χ0n) is 16.5. The SMILES string of the molecule is C/C=C\C(=C/C=CCC1CC(=O)N(CC(O)NC2(C#N)CC2)C(C)=N1)CC. The molecule has 2 N–H and O–H groups in total. The van der Waals surface area contributed by atoms with Crippen molar-refractivity contribution in [2.24, 2.45) is 4.99 Å². The number of aliphatic imine (C=N–C) groups is 1. The molecule has 1 fully saturated rings. The number of allylic oxidation sites excluding steroid dienone is 5. The summed E-state index contributed by atoms with van der Waals surface area (Å²) in [5.74, 6) is 0.577. The third kappa shape index (κ3) is 6.16. The van der Waals surface area contributed by atoms with Crippen molar-refractivity contribution >= 4 is 11.7 Å². The molecule has 1 heterocycles. The van der Waals surface area contributed by atoms with Crippen LogP contribution in [-0.4, -0.2) is 46.1 Å². The summed E-state index contributed by atoms with van der Waals surface area (Å²) < 4.78 is 0. The number of nitriles is 1. The number of aliphatic hydroxyl groups is 1. The Labute approximate surface area is 162 Å². The van der Waals surface area contributed by atoms with Crippen molar-refractivity contribution in [1.82, 2.24) is 10.2 Å². The Bertz CT molecular complexity index is 695. The van der Waals surface area contributed by atoms with Crippen LogP contribution in [0.4, 0.5) is 0 Å². The van der Waals surface area contributed by atoms with E-state index < -0.39 is 11.8 Å². The van der Waals surface area contributed by atoms with E-state index in [1.807, 2.05) is 25.2 Å². The smallest absolute Gasteiger partial charge is 0.230 e. The molecule has 0 radical (unpaired) electrons. The highest BCUT2D eigenvalue weighted by Gasteiger charge is 2.44. The molecule has 0 saturated heterocycles. The molecule has 0 aromatic carbocycles. The number of carbonyl (C=O) groups is 1. The quantitative estimate of drug-likeness (QED) is 0.482. The van der Waals surface area contributed by atoms with Gasteiger partial charge in [-0.3, -0.25) is 20.0 Å². The van der Waals surface area contributed by atoms with Gasteiger partial charge in [-0.1, -0.05) is 37.3 Å². The fourth-order valence-electron chi connectivity index (χ4n) is 3.13. The molecular weight excluding hydrogens is 340 g/mol. The van der Waals surface area contributed by atoms with Gasteiger partial charge in [0.25, 0.3) is 0 Å². The summed E-state index contributed by atoms with van der Waals surface area (Å²) in [5.41, 5.74) is 0.640. The fourth-order valence-corrected chi connectivity index (χ4v) is 3.13. The van der Waals surface area contributed by atoms with E-state index in [-0.39, 0.29) is 18.5 Å². The molecule has 0 bridgehead atoms. The first-order chi connectivity index (χ1) is 12.9. The highest BCUT2D eigenvalue weighted by atomic mass is 16.3. The lowest BCUT2D eigenvalue weighted by atomic mass is 10.1. The van der Waals surface area contributed by atoms with Gasteiger partial charge >= 0.3 is 0 Å². The summed E-state index contributed by atoms with van der Waals surface area (Å²) >= 11 is 0. The highest BCUT2D eigenvalue weighted by Crippen LogP contribution is 2.34. The predicted molar refractivity (Wildman–Crippen MR) is 107 cm³/mol. The number of hydrogen-bond donors (Lipinski definition) is 2. The predicted octanol–water partition coefficient (Wildman–Crippen LogP) is 2.83. The van der Waals surface area contributed by atoms with Crippen LogP contribution < -0.4 is 5.32 Å². The van der Waals surface area contributed by atoms with E-state index in [0.717, 1.165) is 19.3 Å². The summed E-state index contributed by atoms with van der Waals surface area (Å²) in [6.45, 7) is 6.03. The van der Waals surface area contributed by atoms with E-state index >= 15 is 0 Å². The van der Waals surface area contributed by atoms with Gasteiger partial charge in [0.2, 0.25) is 5.91 Å².